The van der Waals surface area contributed by atoms with Gasteiger partial charge in [0.1, 0.15) is 12.3 Å². The van der Waals surface area contributed by atoms with Crippen molar-refractivity contribution in [3.8, 4) is 0 Å². The number of nitrogens with one attached hydrogen (secondary N) is 1. The number of methoxy groups -OCH3 is 1. The molecule has 0 aliphatic heterocycles. The lowest BCUT2D eigenvalue weighted by Crippen LogP contribution is -2.43. The Morgan fingerprint density at radius 1 is 1.38 bits per heavy atom. The van der Waals surface area contributed by atoms with Gasteiger partial charge < -0.3 is 20.2 Å². The van der Waals surface area contributed by atoms with Crippen molar-refractivity contribution in [2.75, 3.05) is 7.11 Å². The summed E-state index contributed by atoms with van der Waals surface area (Å²) in [4.78, 5) is 28.2. The molecule has 2 atom stereocenters. The largest absolute Gasteiger partial charge is 0.467 e. The first-order valence-electron chi connectivity index (χ1n) is 7.25. The number of ether oxygens (including phenoxy) is 1. The van der Waals surface area contributed by atoms with Gasteiger partial charge >= 0.3 is 5.97 Å². The number of amides is 1. The molecule has 0 spiro atoms. The van der Waals surface area contributed by atoms with Gasteiger partial charge in [-0.05, 0) is 24.6 Å². The SMILES string of the molecule is COC(=O)C(Cc1ccc(Cl)cc1)NC(=O)c1coc(C(C)N)n1. The van der Waals surface area contributed by atoms with E-state index in [1.54, 1.807) is 31.2 Å². The van der Waals surface area contributed by atoms with E-state index in [-0.39, 0.29) is 18.0 Å². The first kappa shape index (κ1) is 18.0. The Balaban J connectivity index is 2.11. The monoisotopic (exact) mass is 351 g/mol. The molecule has 1 amide bonds. The summed E-state index contributed by atoms with van der Waals surface area (Å²) in [5, 5.41) is 3.18. The summed E-state index contributed by atoms with van der Waals surface area (Å²) in [5.74, 6) is -0.864. The first-order chi connectivity index (χ1) is 11.4. The summed E-state index contributed by atoms with van der Waals surface area (Å²) in [7, 11) is 1.26. The molecule has 0 aliphatic rings. The maximum atomic E-state index is 12.3. The summed E-state index contributed by atoms with van der Waals surface area (Å²) in [6.07, 6.45) is 1.46. The fourth-order valence-electron chi connectivity index (χ4n) is 2.02. The Labute approximate surface area is 144 Å². The van der Waals surface area contributed by atoms with Gasteiger partial charge in [-0.25, -0.2) is 9.78 Å². The van der Waals surface area contributed by atoms with Crippen LogP contribution < -0.4 is 11.1 Å². The average Bonchev–Trinajstić information content (AvgIpc) is 3.06. The second-order valence-electron chi connectivity index (χ2n) is 5.24. The van der Waals surface area contributed by atoms with Gasteiger partial charge in [-0.1, -0.05) is 23.7 Å². The van der Waals surface area contributed by atoms with Crippen LogP contribution in [0, 0.1) is 0 Å². The van der Waals surface area contributed by atoms with E-state index in [0.717, 1.165) is 5.56 Å². The van der Waals surface area contributed by atoms with Crippen LogP contribution in [-0.4, -0.2) is 30.0 Å². The summed E-state index contributed by atoms with van der Waals surface area (Å²) in [6.45, 7) is 1.69. The quantitative estimate of drug-likeness (QED) is 0.769. The van der Waals surface area contributed by atoms with Gasteiger partial charge in [0.05, 0.1) is 13.2 Å². The summed E-state index contributed by atoms with van der Waals surface area (Å²) < 4.78 is 9.86. The number of hydrogen-bond acceptors (Lipinski definition) is 6. The minimum absolute atomic E-state index is 0.0484. The molecule has 3 N–H and O–H groups in total. The van der Waals surface area contributed by atoms with Crippen molar-refractivity contribution in [1.29, 1.82) is 0 Å². The van der Waals surface area contributed by atoms with Gasteiger partial charge in [-0.2, -0.15) is 0 Å². The number of rotatable bonds is 6. The molecule has 0 saturated heterocycles. The van der Waals surface area contributed by atoms with E-state index in [1.807, 2.05) is 0 Å². The molecule has 0 aliphatic carbocycles. The third-order valence-electron chi connectivity index (χ3n) is 3.29. The Hall–Kier alpha value is -2.38. The van der Waals surface area contributed by atoms with E-state index >= 15 is 0 Å². The van der Waals surface area contributed by atoms with Crippen molar-refractivity contribution in [2.24, 2.45) is 5.73 Å². The molecule has 0 radical (unpaired) electrons. The molecule has 0 fully saturated rings. The van der Waals surface area contributed by atoms with E-state index in [0.29, 0.717) is 5.02 Å². The highest BCUT2D eigenvalue weighted by atomic mass is 35.5. The lowest BCUT2D eigenvalue weighted by atomic mass is 10.1. The zero-order valence-electron chi connectivity index (χ0n) is 13.3. The maximum absolute atomic E-state index is 12.3. The highest BCUT2D eigenvalue weighted by molar-refractivity contribution is 6.30. The molecule has 24 heavy (non-hydrogen) atoms. The van der Waals surface area contributed by atoms with Crippen LogP contribution in [0.4, 0.5) is 0 Å². The van der Waals surface area contributed by atoms with Crippen LogP contribution in [0.1, 0.15) is 34.9 Å². The third-order valence-corrected chi connectivity index (χ3v) is 3.54. The van der Waals surface area contributed by atoms with Crippen LogP contribution in [-0.2, 0) is 16.0 Å². The number of carbonyl (C=O) groups excluding carboxylic acids is 2. The van der Waals surface area contributed by atoms with Crippen molar-refractivity contribution in [1.82, 2.24) is 10.3 Å². The van der Waals surface area contributed by atoms with Crippen LogP contribution >= 0.6 is 11.6 Å². The molecule has 2 rings (SSSR count). The van der Waals surface area contributed by atoms with E-state index in [2.05, 4.69) is 10.3 Å². The Kier molecular flexibility index (Phi) is 5.94. The summed E-state index contributed by atoms with van der Waals surface area (Å²) in [6, 6.07) is 5.67. The highest BCUT2D eigenvalue weighted by Crippen LogP contribution is 2.13. The normalized spacial score (nSPS) is 13.2. The molecule has 8 heteroatoms. The van der Waals surface area contributed by atoms with E-state index in [9.17, 15) is 9.59 Å². The number of hydrogen-bond donors (Lipinski definition) is 2. The minimum Gasteiger partial charge on any atom is -0.467 e. The van der Waals surface area contributed by atoms with Crippen molar-refractivity contribution < 1.29 is 18.7 Å². The molecule has 1 aromatic heterocycles. The van der Waals surface area contributed by atoms with Gasteiger partial charge in [0.15, 0.2) is 5.69 Å². The van der Waals surface area contributed by atoms with Crippen molar-refractivity contribution >= 4 is 23.5 Å². The predicted molar refractivity (Wildman–Crippen MR) is 87.5 cm³/mol. The topological polar surface area (TPSA) is 107 Å². The van der Waals surface area contributed by atoms with E-state index in [1.165, 1.54) is 13.4 Å². The molecule has 128 valence electrons. The molecule has 1 heterocycles. The molecular weight excluding hydrogens is 334 g/mol. The van der Waals surface area contributed by atoms with Gasteiger partial charge in [0.25, 0.3) is 5.91 Å². The zero-order chi connectivity index (χ0) is 17.7. The Morgan fingerprint density at radius 2 is 2.04 bits per heavy atom. The lowest BCUT2D eigenvalue weighted by Gasteiger charge is -2.16. The van der Waals surface area contributed by atoms with Gasteiger partial charge in [-0.15, -0.1) is 0 Å². The van der Waals surface area contributed by atoms with Gasteiger partial charge in [0, 0.05) is 11.4 Å². The number of benzene rings is 1. The van der Waals surface area contributed by atoms with Crippen molar-refractivity contribution in [3.05, 3.63) is 52.7 Å². The first-order valence-corrected chi connectivity index (χ1v) is 7.62. The second kappa shape index (κ2) is 7.94. The van der Waals surface area contributed by atoms with Crippen LogP contribution in [0.3, 0.4) is 0 Å². The minimum atomic E-state index is -0.862. The highest BCUT2D eigenvalue weighted by Gasteiger charge is 2.24. The smallest absolute Gasteiger partial charge is 0.328 e. The third kappa shape index (κ3) is 4.56. The zero-order valence-corrected chi connectivity index (χ0v) is 14.0. The summed E-state index contributed by atoms with van der Waals surface area (Å²) in [5.41, 5.74) is 6.51. The molecule has 7 nitrogen and oxygen atoms in total. The van der Waals surface area contributed by atoms with Crippen molar-refractivity contribution in [2.45, 2.75) is 25.4 Å². The van der Waals surface area contributed by atoms with E-state index in [4.69, 9.17) is 26.5 Å². The summed E-state index contributed by atoms with van der Waals surface area (Å²) >= 11 is 5.84. The number of nitrogens with zero attached hydrogens (tertiary/aromatic N) is 1. The van der Waals surface area contributed by atoms with Gasteiger partial charge in [-0.3, -0.25) is 4.79 Å². The molecule has 2 aromatic rings. The number of aromatic nitrogens is 1. The second-order valence-corrected chi connectivity index (χ2v) is 5.68. The van der Waals surface area contributed by atoms with E-state index < -0.39 is 24.0 Å². The fourth-order valence-corrected chi connectivity index (χ4v) is 2.15. The Morgan fingerprint density at radius 3 is 2.58 bits per heavy atom. The number of oxazole rings is 1. The maximum Gasteiger partial charge on any atom is 0.328 e. The molecule has 2 unspecified atom stereocenters. The number of nitrogens with two attached hydrogens (primary N) is 1. The lowest BCUT2D eigenvalue weighted by molar-refractivity contribution is -0.142. The Bertz CT molecular complexity index is 712. The van der Waals surface area contributed by atoms with Crippen molar-refractivity contribution in [3.63, 3.8) is 0 Å². The van der Waals surface area contributed by atoms with Crippen LogP contribution in [0.2, 0.25) is 5.02 Å². The fraction of sp³-hybridized carbons (Fsp3) is 0.312. The average molecular weight is 352 g/mol. The van der Waals surface area contributed by atoms with Crippen LogP contribution in [0.25, 0.3) is 0 Å². The van der Waals surface area contributed by atoms with Gasteiger partial charge in [0.2, 0.25) is 5.89 Å². The standard InChI is InChI=1S/C16H18ClN3O4/c1-9(18)15-20-13(8-24-15)14(21)19-12(16(22)23-2)7-10-3-5-11(17)6-4-10/h3-6,8-9,12H,7,18H2,1-2H3,(H,19,21). The van der Waals surface area contributed by atoms with Crippen LogP contribution in [0.5, 0.6) is 0 Å². The van der Waals surface area contributed by atoms with Crippen LogP contribution in [0.15, 0.2) is 34.9 Å². The number of halogens is 1. The molecular formula is C16H18ClN3O4. The molecule has 1 aromatic carbocycles. The molecule has 0 saturated carbocycles. The number of esters is 1. The number of carbonyl (C=O) groups is 2. The predicted octanol–water partition coefficient (Wildman–Crippen LogP) is 1.86. The molecule has 0 bridgehead atoms.